The molecule has 2 aromatic heterocycles. The fourth-order valence-electron chi connectivity index (χ4n) is 3.75. The highest BCUT2D eigenvalue weighted by molar-refractivity contribution is 6.03. The quantitative estimate of drug-likeness (QED) is 0.506. The number of hydrogen-bond donors (Lipinski definition) is 0. The molecule has 2 aliphatic heterocycles. The molecule has 0 fully saturated rings. The van der Waals surface area contributed by atoms with E-state index in [1.165, 1.54) is 0 Å². The standard InChI is InChI=1S/C14H13N5O2/c20-19(21)14-12-8(17-5-1-3-10(17)15-12)7-9-13(14)16-11-4-2-6-18(9)11/h7H,1-6H2. The third-order valence-corrected chi connectivity index (χ3v) is 4.64. The average molecular weight is 283 g/mol. The molecule has 0 aliphatic carbocycles. The smallest absolute Gasteiger partial charge is 0.324 e. The molecule has 21 heavy (non-hydrogen) atoms. The first-order valence-electron chi connectivity index (χ1n) is 7.29. The summed E-state index contributed by atoms with van der Waals surface area (Å²) in [5.41, 5.74) is 2.84. The Morgan fingerprint density at radius 2 is 1.52 bits per heavy atom. The highest BCUT2D eigenvalue weighted by Crippen LogP contribution is 2.37. The number of benzene rings is 1. The summed E-state index contributed by atoms with van der Waals surface area (Å²) in [7, 11) is 0. The summed E-state index contributed by atoms with van der Waals surface area (Å²) in [6, 6.07) is 2.04. The van der Waals surface area contributed by atoms with Gasteiger partial charge in [-0.15, -0.1) is 0 Å². The molecular formula is C14H13N5O2. The number of hydrogen-bond acceptors (Lipinski definition) is 4. The molecule has 0 unspecified atom stereocenters. The van der Waals surface area contributed by atoms with E-state index in [1.54, 1.807) is 0 Å². The zero-order valence-corrected chi connectivity index (χ0v) is 11.4. The van der Waals surface area contributed by atoms with Crippen molar-refractivity contribution >= 4 is 27.8 Å². The molecule has 0 saturated carbocycles. The van der Waals surface area contributed by atoms with E-state index in [2.05, 4.69) is 19.1 Å². The summed E-state index contributed by atoms with van der Waals surface area (Å²) in [6.07, 6.45) is 3.92. The minimum atomic E-state index is -0.323. The van der Waals surface area contributed by atoms with Crippen LogP contribution >= 0.6 is 0 Å². The van der Waals surface area contributed by atoms with Crippen molar-refractivity contribution in [3.8, 4) is 0 Å². The summed E-state index contributed by atoms with van der Waals surface area (Å²) in [5, 5.41) is 11.6. The first-order chi connectivity index (χ1) is 10.2. The molecule has 0 atom stereocenters. The Morgan fingerprint density at radius 3 is 2.00 bits per heavy atom. The third kappa shape index (κ3) is 1.28. The van der Waals surface area contributed by atoms with E-state index in [4.69, 9.17) is 0 Å². The van der Waals surface area contributed by atoms with Crippen LogP contribution in [0.15, 0.2) is 6.07 Å². The van der Waals surface area contributed by atoms with Crippen molar-refractivity contribution in [1.82, 2.24) is 19.1 Å². The van der Waals surface area contributed by atoms with Crippen LogP contribution in [0.25, 0.3) is 22.1 Å². The predicted octanol–water partition coefficient (Wildman–Crippen LogP) is 2.19. The van der Waals surface area contributed by atoms with Gasteiger partial charge in [-0.2, -0.15) is 0 Å². The van der Waals surface area contributed by atoms with Gasteiger partial charge in [0.15, 0.2) is 11.0 Å². The fourth-order valence-corrected chi connectivity index (χ4v) is 3.75. The maximum absolute atomic E-state index is 11.6. The Labute approximate surface area is 119 Å². The topological polar surface area (TPSA) is 78.8 Å². The van der Waals surface area contributed by atoms with Crippen LogP contribution < -0.4 is 0 Å². The lowest BCUT2D eigenvalue weighted by molar-refractivity contribution is -0.381. The van der Waals surface area contributed by atoms with Gasteiger partial charge in [0, 0.05) is 25.9 Å². The molecule has 1 aromatic carbocycles. The number of fused-ring (bicyclic) bond motifs is 6. The summed E-state index contributed by atoms with van der Waals surface area (Å²) in [5.74, 6) is 1.92. The number of nitro groups is 1. The van der Waals surface area contributed by atoms with Crippen LogP contribution in [0, 0.1) is 10.1 Å². The van der Waals surface area contributed by atoms with Crippen molar-refractivity contribution < 1.29 is 4.92 Å². The SMILES string of the molecule is O=[N+]([O-])c1c2nc3n(c2cc2c1nc1n2CCC1)CCC3. The number of nitrogens with zero attached hydrogens (tertiary/aromatic N) is 5. The van der Waals surface area contributed by atoms with E-state index in [-0.39, 0.29) is 10.6 Å². The zero-order valence-electron chi connectivity index (χ0n) is 11.4. The molecular weight excluding hydrogens is 270 g/mol. The summed E-state index contributed by atoms with van der Waals surface area (Å²) < 4.78 is 4.24. The third-order valence-electron chi connectivity index (χ3n) is 4.64. The van der Waals surface area contributed by atoms with E-state index in [0.717, 1.165) is 61.5 Å². The molecule has 5 rings (SSSR count). The predicted molar refractivity (Wildman–Crippen MR) is 76.3 cm³/mol. The molecule has 0 radical (unpaired) electrons. The van der Waals surface area contributed by atoms with Gasteiger partial charge in [0.2, 0.25) is 0 Å². The van der Waals surface area contributed by atoms with Crippen LogP contribution in [0.4, 0.5) is 5.69 Å². The Balaban J connectivity index is 1.99. The molecule has 0 N–H and O–H groups in total. The number of rotatable bonds is 1. The summed E-state index contributed by atoms with van der Waals surface area (Å²) >= 11 is 0. The van der Waals surface area contributed by atoms with Crippen LogP contribution in [0.5, 0.6) is 0 Å². The van der Waals surface area contributed by atoms with E-state index >= 15 is 0 Å². The van der Waals surface area contributed by atoms with E-state index in [1.807, 2.05) is 6.07 Å². The number of non-ortho nitro benzene ring substituents is 1. The zero-order chi connectivity index (χ0) is 14.1. The van der Waals surface area contributed by atoms with Gasteiger partial charge in [-0.3, -0.25) is 10.1 Å². The van der Waals surface area contributed by atoms with Crippen LogP contribution in [0.2, 0.25) is 0 Å². The first kappa shape index (κ1) is 11.2. The van der Waals surface area contributed by atoms with E-state index in [9.17, 15) is 10.1 Å². The van der Waals surface area contributed by atoms with E-state index in [0.29, 0.717) is 11.0 Å². The lowest BCUT2D eigenvalue weighted by Gasteiger charge is -2.02. The second-order valence-electron chi connectivity index (χ2n) is 5.78. The van der Waals surface area contributed by atoms with Crippen LogP contribution in [0.1, 0.15) is 24.5 Å². The van der Waals surface area contributed by atoms with E-state index < -0.39 is 0 Å². The van der Waals surface area contributed by atoms with Crippen LogP contribution in [-0.4, -0.2) is 24.0 Å². The molecule has 106 valence electrons. The van der Waals surface area contributed by atoms with Gasteiger partial charge in [-0.1, -0.05) is 0 Å². The molecule has 0 bridgehead atoms. The van der Waals surface area contributed by atoms with Gasteiger partial charge in [-0.05, 0) is 18.9 Å². The summed E-state index contributed by atoms with van der Waals surface area (Å²) in [4.78, 5) is 20.3. The number of imidazole rings is 2. The van der Waals surface area contributed by atoms with Crippen molar-refractivity contribution in [3.63, 3.8) is 0 Å². The van der Waals surface area contributed by atoms with Crippen molar-refractivity contribution in [3.05, 3.63) is 27.8 Å². The molecule has 7 heteroatoms. The minimum Gasteiger partial charge on any atom is -0.328 e. The number of nitro benzene ring substituents is 1. The Bertz CT molecular complexity index is 870. The highest BCUT2D eigenvalue weighted by atomic mass is 16.6. The minimum absolute atomic E-state index is 0.0753. The molecule has 7 nitrogen and oxygen atoms in total. The van der Waals surface area contributed by atoms with Gasteiger partial charge in [0.1, 0.15) is 11.6 Å². The largest absolute Gasteiger partial charge is 0.328 e. The fraction of sp³-hybridized carbons (Fsp3) is 0.429. The second-order valence-corrected chi connectivity index (χ2v) is 5.78. The van der Waals surface area contributed by atoms with Gasteiger partial charge < -0.3 is 9.13 Å². The van der Waals surface area contributed by atoms with Gasteiger partial charge in [-0.25, -0.2) is 9.97 Å². The maximum Gasteiger partial charge on any atom is 0.324 e. The molecule has 0 saturated heterocycles. The summed E-state index contributed by atoms with van der Waals surface area (Å²) in [6.45, 7) is 1.80. The molecule has 2 aliphatic rings. The van der Waals surface area contributed by atoms with Gasteiger partial charge in [0.05, 0.1) is 16.0 Å². The average Bonchev–Trinajstić information content (AvgIpc) is 3.14. The van der Waals surface area contributed by atoms with Crippen molar-refractivity contribution in [2.45, 2.75) is 38.8 Å². The van der Waals surface area contributed by atoms with Crippen molar-refractivity contribution in [2.24, 2.45) is 0 Å². The number of aromatic nitrogens is 4. The van der Waals surface area contributed by atoms with Gasteiger partial charge in [0.25, 0.3) is 0 Å². The van der Waals surface area contributed by atoms with Crippen LogP contribution in [-0.2, 0) is 25.9 Å². The maximum atomic E-state index is 11.6. The Morgan fingerprint density at radius 1 is 1.00 bits per heavy atom. The lowest BCUT2D eigenvalue weighted by atomic mass is 10.2. The monoisotopic (exact) mass is 283 g/mol. The molecule has 4 heterocycles. The Kier molecular flexibility index (Phi) is 1.93. The molecule has 0 spiro atoms. The van der Waals surface area contributed by atoms with Gasteiger partial charge >= 0.3 is 5.69 Å². The Hall–Kier alpha value is -2.44. The van der Waals surface area contributed by atoms with Crippen LogP contribution in [0.3, 0.4) is 0 Å². The second kappa shape index (κ2) is 3.60. The van der Waals surface area contributed by atoms with Crippen molar-refractivity contribution in [2.75, 3.05) is 0 Å². The molecule has 3 aromatic rings. The normalized spacial score (nSPS) is 16.8. The lowest BCUT2D eigenvalue weighted by Crippen LogP contribution is -1.96. The van der Waals surface area contributed by atoms with Crippen molar-refractivity contribution in [1.29, 1.82) is 0 Å². The molecule has 0 amide bonds. The first-order valence-corrected chi connectivity index (χ1v) is 7.29. The number of aryl methyl sites for hydroxylation is 4. The highest BCUT2D eigenvalue weighted by Gasteiger charge is 2.30.